The molecule has 4 heteroatoms. The lowest BCUT2D eigenvalue weighted by atomic mass is 10.1. The first-order valence-corrected chi connectivity index (χ1v) is 5.75. The molecule has 0 aliphatic heterocycles. The summed E-state index contributed by atoms with van der Waals surface area (Å²) in [7, 11) is 0. The predicted octanol–water partition coefficient (Wildman–Crippen LogP) is 1.93. The third-order valence-corrected chi connectivity index (χ3v) is 2.64. The quantitative estimate of drug-likeness (QED) is 0.646. The molecule has 0 amide bonds. The molecule has 0 heterocycles. The molecule has 0 bridgehead atoms. The molecule has 0 fully saturated rings. The van der Waals surface area contributed by atoms with Crippen LogP contribution in [0.2, 0.25) is 0 Å². The summed E-state index contributed by atoms with van der Waals surface area (Å²) in [5, 5.41) is 27.5. The molecule has 0 spiro atoms. The Hall–Kier alpha value is -2.35. The second-order valence-corrected chi connectivity index (χ2v) is 4.09. The first-order valence-electron chi connectivity index (χ1n) is 5.75. The molecular weight excluding hydrogens is 242 g/mol. The SMILES string of the molecule is N#CC(O)(O)c1cccc(OCc2ccccc2)c1. The van der Waals surface area contributed by atoms with Crippen LogP contribution in [0.5, 0.6) is 5.75 Å². The molecule has 96 valence electrons. The Labute approximate surface area is 111 Å². The van der Waals surface area contributed by atoms with Crippen LogP contribution < -0.4 is 4.74 Å². The van der Waals surface area contributed by atoms with Crippen molar-refractivity contribution in [2.75, 3.05) is 0 Å². The van der Waals surface area contributed by atoms with Gasteiger partial charge in [-0.15, -0.1) is 0 Å². The van der Waals surface area contributed by atoms with Crippen LogP contribution in [0.25, 0.3) is 0 Å². The largest absolute Gasteiger partial charge is 0.489 e. The number of nitriles is 1. The van der Waals surface area contributed by atoms with Crippen LogP contribution >= 0.6 is 0 Å². The van der Waals surface area contributed by atoms with Gasteiger partial charge in [-0.25, -0.2) is 0 Å². The third-order valence-electron chi connectivity index (χ3n) is 2.64. The van der Waals surface area contributed by atoms with Crippen molar-refractivity contribution >= 4 is 0 Å². The van der Waals surface area contributed by atoms with Gasteiger partial charge in [-0.05, 0) is 17.7 Å². The fourth-order valence-corrected chi connectivity index (χ4v) is 1.61. The average molecular weight is 255 g/mol. The van der Waals surface area contributed by atoms with E-state index in [1.54, 1.807) is 12.1 Å². The molecule has 0 aliphatic carbocycles. The van der Waals surface area contributed by atoms with Crippen LogP contribution in [-0.2, 0) is 12.4 Å². The van der Waals surface area contributed by atoms with Gasteiger partial charge in [0.25, 0.3) is 5.79 Å². The second kappa shape index (κ2) is 5.53. The lowest BCUT2D eigenvalue weighted by Crippen LogP contribution is -2.22. The fraction of sp³-hybridized carbons (Fsp3) is 0.133. The van der Waals surface area contributed by atoms with E-state index < -0.39 is 5.79 Å². The van der Waals surface area contributed by atoms with Crippen molar-refractivity contribution in [3.05, 3.63) is 65.7 Å². The normalized spacial score (nSPS) is 10.8. The third kappa shape index (κ3) is 3.32. The highest BCUT2D eigenvalue weighted by Gasteiger charge is 2.25. The molecule has 0 unspecified atom stereocenters. The van der Waals surface area contributed by atoms with Gasteiger partial charge in [-0.2, -0.15) is 5.26 Å². The Balaban J connectivity index is 2.10. The number of aliphatic hydroxyl groups is 2. The van der Waals surface area contributed by atoms with Crippen LogP contribution in [0, 0.1) is 11.3 Å². The van der Waals surface area contributed by atoms with E-state index in [0.29, 0.717) is 12.4 Å². The number of nitrogens with zero attached hydrogens (tertiary/aromatic N) is 1. The summed E-state index contributed by atoms with van der Waals surface area (Å²) in [6.07, 6.45) is 0. The van der Waals surface area contributed by atoms with Crippen molar-refractivity contribution in [2.45, 2.75) is 12.4 Å². The zero-order chi connectivity index (χ0) is 13.7. The van der Waals surface area contributed by atoms with E-state index in [0.717, 1.165) is 5.56 Å². The maximum absolute atomic E-state index is 9.44. The van der Waals surface area contributed by atoms with Gasteiger partial charge >= 0.3 is 0 Å². The monoisotopic (exact) mass is 255 g/mol. The predicted molar refractivity (Wildman–Crippen MR) is 68.9 cm³/mol. The van der Waals surface area contributed by atoms with Gasteiger partial charge in [0.15, 0.2) is 0 Å². The minimum atomic E-state index is -2.49. The molecule has 2 rings (SSSR count). The highest BCUT2D eigenvalue weighted by molar-refractivity contribution is 5.33. The smallest absolute Gasteiger partial charge is 0.282 e. The van der Waals surface area contributed by atoms with Gasteiger partial charge in [-0.1, -0.05) is 42.5 Å². The lowest BCUT2D eigenvalue weighted by molar-refractivity contribution is -0.117. The zero-order valence-corrected chi connectivity index (χ0v) is 10.2. The van der Waals surface area contributed by atoms with E-state index in [9.17, 15) is 10.2 Å². The van der Waals surface area contributed by atoms with Crippen LogP contribution in [0.1, 0.15) is 11.1 Å². The summed E-state index contributed by atoms with van der Waals surface area (Å²) < 4.78 is 5.54. The molecule has 0 saturated carbocycles. The van der Waals surface area contributed by atoms with E-state index in [1.807, 2.05) is 30.3 Å². The molecule has 0 aliphatic rings. The Morgan fingerprint density at radius 2 is 1.79 bits per heavy atom. The highest BCUT2D eigenvalue weighted by Crippen LogP contribution is 2.22. The van der Waals surface area contributed by atoms with Crippen LogP contribution in [-0.4, -0.2) is 10.2 Å². The molecule has 2 aromatic carbocycles. The standard InChI is InChI=1S/C15H13NO3/c16-11-15(17,18)13-7-4-8-14(9-13)19-10-12-5-2-1-3-6-12/h1-9,17-18H,10H2. The van der Waals surface area contributed by atoms with E-state index >= 15 is 0 Å². The van der Waals surface area contributed by atoms with Crippen molar-refractivity contribution in [2.24, 2.45) is 0 Å². The lowest BCUT2D eigenvalue weighted by Gasteiger charge is -2.14. The molecule has 0 atom stereocenters. The molecule has 2 aromatic rings. The maximum atomic E-state index is 9.44. The maximum Gasteiger partial charge on any atom is 0.282 e. The Morgan fingerprint density at radius 1 is 1.05 bits per heavy atom. The Kier molecular flexibility index (Phi) is 3.81. The average Bonchev–Trinajstić information content (AvgIpc) is 2.46. The van der Waals surface area contributed by atoms with E-state index in [4.69, 9.17) is 10.00 Å². The summed E-state index contributed by atoms with van der Waals surface area (Å²) >= 11 is 0. The van der Waals surface area contributed by atoms with Crippen LogP contribution in [0.3, 0.4) is 0 Å². The van der Waals surface area contributed by atoms with Crippen molar-refractivity contribution in [1.82, 2.24) is 0 Å². The number of hydrogen-bond acceptors (Lipinski definition) is 4. The summed E-state index contributed by atoms with van der Waals surface area (Å²) in [4.78, 5) is 0. The molecule has 0 aromatic heterocycles. The Bertz CT molecular complexity index is 588. The Morgan fingerprint density at radius 3 is 2.47 bits per heavy atom. The van der Waals surface area contributed by atoms with Gasteiger partial charge < -0.3 is 14.9 Å². The number of rotatable bonds is 4. The van der Waals surface area contributed by atoms with Gasteiger partial charge in [0.2, 0.25) is 0 Å². The summed E-state index contributed by atoms with van der Waals surface area (Å²) in [6.45, 7) is 0.376. The molecule has 0 saturated heterocycles. The second-order valence-electron chi connectivity index (χ2n) is 4.09. The molecule has 0 radical (unpaired) electrons. The minimum absolute atomic E-state index is 0.0839. The van der Waals surface area contributed by atoms with Crippen molar-refractivity contribution < 1.29 is 14.9 Å². The first kappa shape index (κ1) is 13.1. The van der Waals surface area contributed by atoms with E-state index in [-0.39, 0.29) is 5.56 Å². The fourth-order valence-electron chi connectivity index (χ4n) is 1.61. The molecule has 4 nitrogen and oxygen atoms in total. The van der Waals surface area contributed by atoms with Gasteiger partial charge in [0, 0.05) is 5.56 Å². The van der Waals surface area contributed by atoms with Gasteiger partial charge in [0.05, 0.1) is 0 Å². The first-order chi connectivity index (χ1) is 9.12. The van der Waals surface area contributed by atoms with E-state index in [2.05, 4.69) is 0 Å². The van der Waals surface area contributed by atoms with Gasteiger partial charge in [-0.3, -0.25) is 0 Å². The number of hydrogen-bond donors (Lipinski definition) is 2. The minimum Gasteiger partial charge on any atom is -0.489 e. The summed E-state index contributed by atoms with van der Waals surface area (Å²) in [5.41, 5.74) is 1.09. The van der Waals surface area contributed by atoms with Crippen LogP contribution in [0.4, 0.5) is 0 Å². The van der Waals surface area contributed by atoms with Crippen molar-refractivity contribution in [3.63, 3.8) is 0 Å². The van der Waals surface area contributed by atoms with Crippen LogP contribution in [0.15, 0.2) is 54.6 Å². The van der Waals surface area contributed by atoms with E-state index in [1.165, 1.54) is 18.2 Å². The number of benzene rings is 2. The molecule has 19 heavy (non-hydrogen) atoms. The summed E-state index contributed by atoms with van der Waals surface area (Å²) in [6, 6.07) is 17.2. The number of ether oxygens (including phenoxy) is 1. The molecular formula is C15H13NO3. The topological polar surface area (TPSA) is 73.5 Å². The zero-order valence-electron chi connectivity index (χ0n) is 10.2. The van der Waals surface area contributed by atoms with Crippen molar-refractivity contribution in [3.8, 4) is 11.8 Å². The van der Waals surface area contributed by atoms with Crippen molar-refractivity contribution in [1.29, 1.82) is 5.26 Å². The van der Waals surface area contributed by atoms with Gasteiger partial charge in [0.1, 0.15) is 18.4 Å². The summed E-state index contributed by atoms with van der Waals surface area (Å²) in [5.74, 6) is -2.02. The highest BCUT2D eigenvalue weighted by atomic mass is 16.5. The molecule has 2 N–H and O–H groups in total.